The molecule has 0 bridgehead atoms. The number of nitrogens with one attached hydrogen (secondary N) is 1. The highest BCUT2D eigenvalue weighted by Crippen LogP contribution is 2.17. The molecule has 6 nitrogen and oxygen atoms in total. The molecule has 0 aliphatic rings. The lowest BCUT2D eigenvalue weighted by Crippen LogP contribution is -2.36. The fraction of sp³-hybridized carbons (Fsp3) is 0.267. The van der Waals surface area contributed by atoms with Crippen LogP contribution in [0.4, 0.5) is 8.78 Å². The summed E-state index contributed by atoms with van der Waals surface area (Å²) in [6.07, 6.45) is 0. The van der Waals surface area contributed by atoms with E-state index in [-0.39, 0.29) is 12.1 Å². The standard InChI is InChI=1S/C15H15F2N3O3/c1-8-5-9(2)20(19-8)7-13(21)18-14(15(22)23)10-3-4-11(16)12(17)6-10/h3-6,14H,7H2,1-2H3,(H,18,21)(H,22,23)/t14-/m1/s1. The summed E-state index contributed by atoms with van der Waals surface area (Å²) < 4.78 is 27.6. The van der Waals surface area contributed by atoms with Crippen molar-refractivity contribution in [3.05, 3.63) is 52.9 Å². The smallest absolute Gasteiger partial charge is 0.330 e. The van der Waals surface area contributed by atoms with E-state index in [4.69, 9.17) is 0 Å². The molecule has 0 radical (unpaired) electrons. The van der Waals surface area contributed by atoms with E-state index in [9.17, 15) is 23.5 Å². The van der Waals surface area contributed by atoms with Gasteiger partial charge in [0.2, 0.25) is 5.91 Å². The highest BCUT2D eigenvalue weighted by Gasteiger charge is 2.23. The number of carboxylic acid groups (broad SMARTS) is 1. The van der Waals surface area contributed by atoms with Crippen molar-refractivity contribution >= 4 is 11.9 Å². The number of carbonyl (C=O) groups is 2. The fourth-order valence-electron chi connectivity index (χ4n) is 2.16. The normalized spacial score (nSPS) is 12.0. The first-order valence-electron chi connectivity index (χ1n) is 6.76. The van der Waals surface area contributed by atoms with Crippen molar-refractivity contribution in [2.45, 2.75) is 26.4 Å². The lowest BCUT2D eigenvalue weighted by Gasteiger charge is -2.15. The van der Waals surface area contributed by atoms with Crippen molar-refractivity contribution in [1.82, 2.24) is 15.1 Å². The van der Waals surface area contributed by atoms with Crippen molar-refractivity contribution in [2.75, 3.05) is 0 Å². The van der Waals surface area contributed by atoms with Gasteiger partial charge in [-0.05, 0) is 37.6 Å². The van der Waals surface area contributed by atoms with Crippen LogP contribution in [-0.4, -0.2) is 26.8 Å². The van der Waals surface area contributed by atoms with Crippen LogP contribution in [0.2, 0.25) is 0 Å². The molecular weight excluding hydrogens is 308 g/mol. The zero-order chi connectivity index (χ0) is 17.1. The summed E-state index contributed by atoms with van der Waals surface area (Å²) in [6, 6.07) is 2.97. The van der Waals surface area contributed by atoms with Gasteiger partial charge in [-0.3, -0.25) is 9.48 Å². The summed E-state index contributed by atoms with van der Waals surface area (Å²) in [4.78, 5) is 23.3. The van der Waals surface area contributed by atoms with Crippen molar-refractivity contribution in [3.63, 3.8) is 0 Å². The van der Waals surface area contributed by atoms with Gasteiger partial charge in [0, 0.05) is 5.69 Å². The number of benzene rings is 1. The monoisotopic (exact) mass is 323 g/mol. The molecule has 1 amide bonds. The molecular formula is C15H15F2N3O3. The Bertz CT molecular complexity index is 758. The Morgan fingerprint density at radius 3 is 2.48 bits per heavy atom. The molecule has 1 aromatic carbocycles. The van der Waals surface area contributed by atoms with Crippen molar-refractivity contribution in [2.24, 2.45) is 0 Å². The number of hydrogen-bond donors (Lipinski definition) is 2. The number of aryl methyl sites for hydroxylation is 2. The third-order valence-electron chi connectivity index (χ3n) is 3.23. The molecule has 0 unspecified atom stereocenters. The van der Waals surface area contributed by atoms with Crippen molar-refractivity contribution < 1.29 is 23.5 Å². The topological polar surface area (TPSA) is 84.2 Å². The maximum absolute atomic E-state index is 13.2. The van der Waals surface area contributed by atoms with E-state index >= 15 is 0 Å². The Labute approximate surface area is 130 Å². The summed E-state index contributed by atoms with van der Waals surface area (Å²) in [7, 11) is 0. The van der Waals surface area contributed by atoms with Crippen LogP contribution in [0.3, 0.4) is 0 Å². The number of carbonyl (C=O) groups excluding carboxylic acids is 1. The Hall–Kier alpha value is -2.77. The number of rotatable bonds is 5. The number of nitrogens with zero attached hydrogens (tertiary/aromatic N) is 2. The molecule has 122 valence electrons. The number of aromatic nitrogens is 2. The zero-order valence-electron chi connectivity index (χ0n) is 12.5. The number of halogens is 2. The summed E-state index contributed by atoms with van der Waals surface area (Å²) in [6.45, 7) is 3.35. The van der Waals surface area contributed by atoms with Crippen LogP contribution in [-0.2, 0) is 16.1 Å². The van der Waals surface area contributed by atoms with E-state index in [0.29, 0.717) is 0 Å². The second-order valence-corrected chi connectivity index (χ2v) is 5.10. The Morgan fingerprint density at radius 2 is 1.96 bits per heavy atom. The Morgan fingerprint density at radius 1 is 1.26 bits per heavy atom. The second kappa shape index (κ2) is 6.55. The number of hydrogen-bond acceptors (Lipinski definition) is 3. The minimum absolute atomic E-state index is 0.0573. The predicted molar refractivity (Wildman–Crippen MR) is 76.6 cm³/mol. The highest BCUT2D eigenvalue weighted by atomic mass is 19.2. The Balaban J connectivity index is 2.16. The van der Waals surface area contributed by atoms with Crippen LogP contribution in [0.15, 0.2) is 24.3 Å². The average Bonchev–Trinajstić information content (AvgIpc) is 2.77. The van der Waals surface area contributed by atoms with E-state index in [1.807, 2.05) is 0 Å². The van der Waals surface area contributed by atoms with Crippen LogP contribution in [0, 0.1) is 25.5 Å². The molecule has 0 saturated heterocycles. The maximum atomic E-state index is 13.2. The van der Waals surface area contributed by atoms with Crippen LogP contribution in [0.5, 0.6) is 0 Å². The molecule has 0 fully saturated rings. The highest BCUT2D eigenvalue weighted by molar-refractivity contribution is 5.84. The van der Waals surface area contributed by atoms with Gasteiger partial charge >= 0.3 is 5.97 Å². The van der Waals surface area contributed by atoms with E-state index in [2.05, 4.69) is 10.4 Å². The summed E-state index contributed by atoms with van der Waals surface area (Å²) in [5.41, 5.74) is 1.42. The number of amides is 1. The molecule has 0 aliphatic heterocycles. The second-order valence-electron chi connectivity index (χ2n) is 5.10. The SMILES string of the molecule is Cc1cc(C)n(CC(=O)N[C@@H](C(=O)O)c2ccc(F)c(F)c2)n1. The molecule has 2 aromatic rings. The molecule has 2 rings (SSSR count). The largest absolute Gasteiger partial charge is 0.479 e. The minimum Gasteiger partial charge on any atom is -0.479 e. The van der Waals surface area contributed by atoms with Crippen LogP contribution in [0.25, 0.3) is 0 Å². The van der Waals surface area contributed by atoms with Gasteiger partial charge in [0.1, 0.15) is 6.54 Å². The molecule has 23 heavy (non-hydrogen) atoms. The van der Waals surface area contributed by atoms with E-state index in [1.165, 1.54) is 4.68 Å². The molecule has 1 aromatic heterocycles. The first-order chi connectivity index (χ1) is 10.8. The molecule has 0 saturated carbocycles. The maximum Gasteiger partial charge on any atom is 0.330 e. The first kappa shape index (κ1) is 16.6. The van der Waals surface area contributed by atoms with Crippen LogP contribution >= 0.6 is 0 Å². The molecule has 0 spiro atoms. The zero-order valence-corrected chi connectivity index (χ0v) is 12.5. The number of aliphatic carboxylic acids is 1. The molecule has 8 heteroatoms. The van der Waals surface area contributed by atoms with Crippen LogP contribution in [0.1, 0.15) is 23.0 Å². The van der Waals surface area contributed by atoms with Gasteiger partial charge in [0.05, 0.1) is 5.69 Å². The third kappa shape index (κ3) is 3.91. The van der Waals surface area contributed by atoms with Crippen LogP contribution < -0.4 is 5.32 Å². The van der Waals surface area contributed by atoms with Gasteiger partial charge in [-0.25, -0.2) is 13.6 Å². The van der Waals surface area contributed by atoms with Gasteiger partial charge in [-0.15, -0.1) is 0 Å². The van der Waals surface area contributed by atoms with E-state index in [1.54, 1.807) is 19.9 Å². The minimum atomic E-state index is -1.48. The lowest BCUT2D eigenvalue weighted by molar-refractivity contribution is -0.142. The first-order valence-corrected chi connectivity index (χ1v) is 6.76. The lowest BCUT2D eigenvalue weighted by atomic mass is 10.1. The molecule has 2 N–H and O–H groups in total. The van der Waals surface area contributed by atoms with Crippen molar-refractivity contribution in [1.29, 1.82) is 0 Å². The third-order valence-corrected chi connectivity index (χ3v) is 3.23. The van der Waals surface area contributed by atoms with E-state index in [0.717, 1.165) is 29.6 Å². The summed E-state index contributed by atoms with van der Waals surface area (Å²) >= 11 is 0. The average molecular weight is 323 g/mol. The predicted octanol–water partition coefficient (Wildman–Crippen LogP) is 1.72. The summed E-state index contributed by atoms with van der Waals surface area (Å²) in [5.74, 6) is -4.25. The van der Waals surface area contributed by atoms with Gasteiger partial charge in [-0.2, -0.15) is 5.10 Å². The van der Waals surface area contributed by atoms with Gasteiger partial charge in [-0.1, -0.05) is 6.07 Å². The van der Waals surface area contributed by atoms with Gasteiger partial charge < -0.3 is 10.4 Å². The quantitative estimate of drug-likeness (QED) is 0.877. The Kier molecular flexibility index (Phi) is 4.73. The number of carboxylic acids is 1. The molecule has 1 atom stereocenters. The summed E-state index contributed by atoms with van der Waals surface area (Å²) in [5, 5.41) is 15.6. The fourth-order valence-corrected chi connectivity index (χ4v) is 2.16. The van der Waals surface area contributed by atoms with E-state index < -0.39 is 29.6 Å². The van der Waals surface area contributed by atoms with Crippen molar-refractivity contribution in [3.8, 4) is 0 Å². The molecule has 0 aliphatic carbocycles. The van der Waals surface area contributed by atoms with Gasteiger partial charge in [0.25, 0.3) is 0 Å². The molecule has 1 heterocycles. The van der Waals surface area contributed by atoms with Gasteiger partial charge in [0.15, 0.2) is 17.7 Å².